The van der Waals surface area contributed by atoms with Crippen molar-refractivity contribution in [1.82, 2.24) is 4.98 Å². The third kappa shape index (κ3) is 3.36. The summed E-state index contributed by atoms with van der Waals surface area (Å²) in [5.74, 6) is -0.247. The molecule has 0 bridgehead atoms. The number of thiazole rings is 1. The van der Waals surface area contributed by atoms with Crippen LogP contribution < -0.4 is 11.1 Å². The van der Waals surface area contributed by atoms with Crippen molar-refractivity contribution in [2.75, 3.05) is 11.1 Å². The van der Waals surface area contributed by atoms with Crippen molar-refractivity contribution in [3.63, 3.8) is 0 Å². The molecule has 1 aromatic heterocycles. The minimum Gasteiger partial charge on any atom is -0.375 e. The first-order valence-electron chi connectivity index (χ1n) is 6.94. The Morgan fingerprint density at radius 1 is 1.22 bits per heavy atom. The second-order valence-electron chi connectivity index (χ2n) is 5.01. The van der Waals surface area contributed by atoms with Crippen molar-refractivity contribution in [1.29, 1.82) is 0 Å². The number of nitrogen functional groups attached to an aromatic ring is 1. The van der Waals surface area contributed by atoms with Gasteiger partial charge < -0.3 is 11.1 Å². The third-order valence-corrected chi connectivity index (χ3v) is 4.46. The number of aromatic nitrogens is 1. The standard InChI is InChI=1S/C17H14ClN3OS/c1-10-7-8-12(18)9-13(10)20-16(22)15-14(21-17(19)23-15)11-5-3-2-4-6-11/h2-9H,1H3,(H2,19,21)(H,20,22). The molecule has 3 rings (SSSR count). The maximum absolute atomic E-state index is 12.6. The molecule has 4 nitrogen and oxygen atoms in total. The summed E-state index contributed by atoms with van der Waals surface area (Å²) in [6.07, 6.45) is 0. The van der Waals surface area contributed by atoms with E-state index >= 15 is 0 Å². The number of anilines is 2. The van der Waals surface area contributed by atoms with Crippen LogP contribution in [0.5, 0.6) is 0 Å². The normalized spacial score (nSPS) is 10.5. The van der Waals surface area contributed by atoms with Crippen LogP contribution >= 0.6 is 22.9 Å². The molecule has 23 heavy (non-hydrogen) atoms. The number of nitrogens with one attached hydrogen (secondary N) is 1. The molecule has 1 amide bonds. The van der Waals surface area contributed by atoms with Gasteiger partial charge >= 0.3 is 0 Å². The van der Waals surface area contributed by atoms with Gasteiger partial charge in [0, 0.05) is 16.3 Å². The fourth-order valence-corrected chi connectivity index (χ4v) is 3.11. The first-order chi connectivity index (χ1) is 11.0. The zero-order valence-electron chi connectivity index (χ0n) is 12.3. The summed E-state index contributed by atoms with van der Waals surface area (Å²) in [7, 11) is 0. The van der Waals surface area contributed by atoms with Crippen LogP contribution in [0.2, 0.25) is 5.02 Å². The molecule has 0 unspecified atom stereocenters. The van der Waals surface area contributed by atoms with Gasteiger partial charge in [-0.1, -0.05) is 59.3 Å². The Balaban J connectivity index is 1.96. The number of halogens is 1. The van der Waals surface area contributed by atoms with Crippen LogP contribution in [0.1, 0.15) is 15.2 Å². The minimum absolute atomic E-state index is 0.247. The zero-order valence-corrected chi connectivity index (χ0v) is 13.9. The lowest BCUT2D eigenvalue weighted by Gasteiger charge is -2.08. The van der Waals surface area contributed by atoms with Crippen LogP contribution in [0, 0.1) is 6.92 Å². The van der Waals surface area contributed by atoms with Gasteiger partial charge in [0.15, 0.2) is 5.13 Å². The first-order valence-corrected chi connectivity index (χ1v) is 8.13. The molecule has 3 aromatic rings. The lowest BCUT2D eigenvalue weighted by atomic mass is 10.1. The number of carbonyl (C=O) groups is 1. The number of amides is 1. The van der Waals surface area contributed by atoms with E-state index in [0.29, 0.717) is 26.4 Å². The molecule has 0 spiro atoms. The number of aryl methyl sites for hydroxylation is 1. The van der Waals surface area contributed by atoms with Gasteiger partial charge in [0.25, 0.3) is 5.91 Å². The zero-order chi connectivity index (χ0) is 16.4. The largest absolute Gasteiger partial charge is 0.375 e. The van der Waals surface area contributed by atoms with Crippen LogP contribution in [0.3, 0.4) is 0 Å². The van der Waals surface area contributed by atoms with Gasteiger partial charge in [0.1, 0.15) is 4.88 Å². The van der Waals surface area contributed by atoms with Gasteiger partial charge in [-0.3, -0.25) is 4.79 Å². The second-order valence-corrected chi connectivity index (χ2v) is 6.48. The molecule has 0 atom stereocenters. The smallest absolute Gasteiger partial charge is 0.268 e. The number of nitrogens with zero attached hydrogens (tertiary/aromatic N) is 1. The summed E-state index contributed by atoms with van der Waals surface area (Å²) in [4.78, 5) is 17.4. The molecule has 0 fully saturated rings. The lowest BCUT2D eigenvalue weighted by molar-refractivity contribution is 0.103. The average molecular weight is 344 g/mol. The molecular weight excluding hydrogens is 330 g/mol. The van der Waals surface area contributed by atoms with E-state index in [1.165, 1.54) is 11.3 Å². The van der Waals surface area contributed by atoms with Gasteiger partial charge in [0.2, 0.25) is 0 Å². The quantitative estimate of drug-likeness (QED) is 0.729. The molecule has 6 heteroatoms. The predicted molar refractivity (Wildman–Crippen MR) is 96.1 cm³/mol. The maximum atomic E-state index is 12.6. The van der Waals surface area contributed by atoms with Crippen molar-refractivity contribution in [3.8, 4) is 11.3 Å². The Labute approximate surface area is 142 Å². The van der Waals surface area contributed by atoms with Crippen molar-refractivity contribution in [2.45, 2.75) is 6.92 Å². The van der Waals surface area contributed by atoms with E-state index in [9.17, 15) is 4.79 Å². The van der Waals surface area contributed by atoms with E-state index in [2.05, 4.69) is 10.3 Å². The summed E-state index contributed by atoms with van der Waals surface area (Å²) in [5, 5.41) is 3.81. The van der Waals surface area contributed by atoms with Crippen molar-refractivity contribution in [3.05, 3.63) is 64.0 Å². The fraction of sp³-hybridized carbons (Fsp3) is 0.0588. The molecule has 1 heterocycles. The van der Waals surface area contributed by atoms with Crippen molar-refractivity contribution >= 4 is 39.7 Å². The van der Waals surface area contributed by atoms with Gasteiger partial charge in [-0.2, -0.15) is 0 Å². The molecule has 2 aromatic carbocycles. The Hall–Kier alpha value is -2.37. The number of hydrogen-bond acceptors (Lipinski definition) is 4. The van der Waals surface area contributed by atoms with E-state index in [-0.39, 0.29) is 5.91 Å². The number of rotatable bonds is 3. The summed E-state index contributed by atoms with van der Waals surface area (Å²) < 4.78 is 0. The molecule has 116 valence electrons. The molecular formula is C17H14ClN3OS. The summed E-state index contributed by atoms with van der Waals surface area (Å²) in [6.45, 7) is 1.91. The molecule has 0 radical (unpaired) electrons. The molecule has 0 aliphatic heterocycles. The lowest BCUT2D eigenvalue weighted by Crippen LogP contribution is -2.12. The summed E-state index contributed by atoms with van der Waals surface area (Å²) in [5.41, 5.74) is 8.86. The van der Waals surface area contributed by atoms with E-state index < -0.39 is 0 Å². The van der Waals surface area contributed by atoms with E-state index in [4.69, 9.17) is 17.3 Å². The molecule has 3 N–H and O–H groups in total. The number of carbonyl (C=O) groups excluding carboxylic acids is 1. The topological polar surface area (TPSA) is 68.0 Å². The number of hydrogen-bond donors (Lipinski definition) is 2. The van der Waals surface area contributed by atoms with Gasteiger partial charge in [-0.15, -0.1) is 0 Å². The van der Waals surface area contributed by atoms with Crippen molar-refractivity contribution < 1.29 is 4.79 Å². The number of nitrogens with two attached hydrogens (primary N) is 1. The minimum atomic E-state index is -0.247. The molecule has 0 saturated carbocycles. The highest BCUT2D eigenvalue weighted by molar-refractivity contribution is 7.17. The van der Waals surface area contributed by atoms with Gasteiger partial charge in [0.05, 0.1) is 5.69 Å². The molecule has 0 aliphatic rings. The van der Waals surface area contributed by atoms with Crippen LogP contribution in [0.4, 0.5) is 10.8 Å². The Bertz CT molecular complexity index is 862. The Morgan fingerprint density at radius 2 is 1.96 bits per heavy atom. The first kappa shape index (κ1) is 15.5. The van der Waals surface area contributed by atoms with Gasteiger partial charge in [-0.25, -0.2) is 4.98 Å². The van der Waals surface area contributed by atoms with E-state index in [0.717, 1.165) is 11.1 Å². The van der Waals surface area contributed by atoms with E-state index in [1.807, 2.05) is 43.3 Å². The highest BCUT2D eigenvalue weighted by atomic mass is 35.5. The highest BCUT2D eigenvalue weighted by Gasteiger charge is 2.19. The second kappa shape index (κ2) is 6.40. The van der Waals surface area contributed by atoms with Crippen LogP contribution in [0.15, 0.2) is 48.5 Å². The molecule has 0 saturated heterocycles. The summed E-state index contributed by atoms with van der Waals surface area (Å²) >= 11 is 7.16. The van der Waals surface area contributed by atoms with Crippen LogP contribution in [-0.4, -0.2) is 10.9 Å². The Morgan fingerprint density at radius 3 is 2.70 bits per heavy atom. The fourth-order valence-electron chi connectivity index (χ4n) is 2.19. The number of benzene rings is 2. The third-order valence-electron chi connectivity index (χ3n) is 3.34. The average Bonchev–Trinajstić information content (AvgIpc) is 2.94. The summed E-state index contributed by atoms with van der Waals surface area (Å²) in [6, 6.07) is 14.9. The SMILES string of the molecule is Cc1ccc(Cl)cc1NC(=O)c1sc(N)nc1-c1ccccc1. The highest BCUT2D eigenvalue weighted by Crippen LogP contribution is 2.31. The van der Waals surface area contributed by atoms with Crippen LogP contribution in [-0.2, 0) is 0 Å². The molecule has 0 aliphatic carbocycles. The van der Waals surface area contributed by atoms with Crippen LogP contribution in [0.25, 0.3) is 11.3 Å². The maximum Gasteiger partial charge on any atom is 0.268 e. The Kier molecular flexibility index (Phi) is 4.32. The van der Waals surface area contributed by atoms with Gasteiger partial charge in [-0.05, 0) is 24.6 Å². The van der Waals surface area contributed by atoms with E-state index in [1.54, 1.807) is 12.1 Å². The predicted octanol–water partition coefficient (Wildman–Crippen LogP) is 4.61. The van der Waals surface area contributed by atoms with Crippen molar-refractivity contribution in [2.24, 2.45) is 0 Å². The monoisotopic (exact) mass is 343 g/mol.